The molecule has 0 spiro atoms. The third kappa shape index (κ3) is 7.15. The lowest BCUT2D eigenvalue weighted by Gasteiger charge is -2.26. The number of nitriles is 1. The van der Waals surface area contributed by atoms with Gasteiger partial charge in [-0.25, -0.2) is 4.79 Å². The van der Waals surface area contributed by atoms with Crippen molar-refractivity contribution in [2.24, 2.45) is 0 Å². The Morgan fingerprint density at radius 2 is 2.00 bits per heavy atom. The van der Waals surface area contributed by atoms with Crippen molar-refractivity contribution in [1.29, 1.82) is 5.26 Å². The number of methoxy groups -OCH3 is 1. The zero-order valence-corrected chi connectivity index (χ0v) is 20.3. The molecule has 2 heterocycles. The van der Waals surface area contributed by atoms with Gasteiger partial charge >= 0.3 is 5.97 Å². The number of thiophene rings is 1. The van der Waals surface area contributed by atoms with E-state index < -0.39 is 11.9 Å². The van der Waals surface area contributed by atoms with Gasteiger partial charge in [0, 0.05) is 24.5 Å². The standard InChI is InChI=1S/C25H29N3O5S/c1-3-4-21-16-22(25(30)31-2)24(34-21)27-23(29)19(17-26)15-18-5-7-20(8-6-18)33-14-11-28-9-12-32-13-10-28/h5-8,15-16H,3-4,9-14H2,1-2H3,(H,27,29). The summed E-state index contributed by atoms with van der Waals surface area (Å²) in [6.07, 6.45) is 3.20. The van der Waals surface area contributed by atoms with Crippen LogP contribution in [0.5, 0.6) is 5.75 Å². The number of esters is 1. The molecule has 0 bridgehead atoms. The predicted molar refractivity (Wildman–Crippen MR) is 131 cm³/mol. The highest BCUT2D eigenvalue weighted by Crippen LogP contribution is 2.30. The Balaban J connectivity index is 1.62. The first-order chi connectivity index (χ1) is 16.5. The molecule has 0 unspecified atom stereocenters. The number of anilines is 1. The Labute approximate surface area is 203 Å². The molecule has 1 amide bonds. The predicted octanol–water partition coefficient (Wildman–Crippen LogP) is 3.74. The van der Waals surface area contributed by atoms with Gasteiger partial charge in [-0.15, -0.1) is 11.3 Å². The number of hydrogen-bond donors (Lipinski definition) is 1. The number of benzene rings is 1. The molecule has 34 heavy (non-hydrogen) atoms. The van der Waals surface area contributed by atoms with E-state index in [0.29, 0.717) is 22.7 Å². The number of aryl methyl sites for hydroxylation is 1. The minimum atomic E-state index is -0.580. The summed E-state index contributed by atoms with van der Waals surface area (Å²) in [6.45, 7) is 6.78. The maximum atomic E-state index is 12.8. The molecule has 0 atom stereocenters. The smallest absolute Gasteiger partial charge is 0.340 e. The molecule has 1 aromatic carbocycles. The fraction of sp³-hybridized carbons (Fsp3) is 0.400. The first-order valence-corrected chi connectivity index (χ1v) is 12.0. The van der Waals surface area contributed by atoms with Crippen LogP contribution in [-0.2, 0) is 20.7 Å². The lowest BCUT2D eigenvalue weighted by atomic mass is 10.1. The Kier molecular flexibility index (Phi) is 9.64. The molecule has 1 aliphatic rings. The van der Waals surface area contributed by atoms with Gasteiger partial charge in [-0.05, 0) is 36.3 Å². The Morgan fingerprint density at radius 1 is 1.26 bits per heavy atom. The van der Waals surface area contributed by atoms with Crippen LogP contribution < -0.4 is 10.1 Å². The number of carbonyl (C=O) groups is 2. The summed E-state index contributed by atoms with van der Waals surface area (Å²) in [5, 5.41) is 12.6. The zero-order valence-electron chi connectivity index (χ0n) is 19.5. The van der Waals surface area contributed by atoms with Gasteiger partial charge in [-0.1, -0.05) is 25.5 Å². The van der Waals surface area contributed by atoms with Crippen LogP contribution in [0, 0.1) is 11.3 Å². The zero-order chi connectivity index (χ0) is 24.3. The van der Waals surface area contributed by atoms with E-state index in [2.05, 4.69) is 10.2 Å². The van der Waals surface area contributed by atoms with Crippen molar-refractivity contribution >= 4 is 34.3 Å². The third-order valence-corrected chi connectivity index (χ3v) is 6.36. The third-order valence-electron chi connectivity index (χ3n) is 5.25. The molecule has 9 heteroatoms. The maximum Gasteiger partial charge on any atom is 0.340 e. The molecule has 180 valence electrons. The summed E-state index contributed by atoms with van der Waals surface area (Å²) in [4.78, 5) is 28.1. The molecule has 1 fully saturated rings. The highest BCUT2D eigenvalue weighted by molar-refractivity contribution is 7.16. The average Bonchev–Trinajstić information content (AvgIpc) is 3.25. The van der Waals surface area contributed by atoms with Crippen molar-refractivity contribution in [3.05, 3.63) is 51.9 Å². The molecule has 1 aliphatic heterocycles. The van der Waals surface area contributed by atoms with Crippen LogP contribution in [0.3, 0.4) is 0 Å². The second kappa shape index (κ2) is 12.9. The number of nitrogens with one attached hydrogen (secondary N) is 1. The summed E-state index contributed by atoms with van der Waals surface area (Å²) in [7, 11) is 1.29. The van der Waals surface area contributed by atoms with Crippen molar-refractivity contribution in [3.63, 3.8) is 0 Å². The van der Waals surface area contributed by atoms with E-state index in [4.69, 9.17) is 14.2 Å². The van der Waals surface area contributed by atoms with Gasteiger partial charge in [0.15, 0.2) is 0 Å². The van der Waals surface area contributed by atoms with Gasteiger partial charge in [-0.2, -0.15) is 5.26 Å². The normalized spacial score (nSPS) is 14.3. The first kappa shape index (κ1) is 25.4. The number of nitrogens with zero attached hydrogens (tertiary/aromatic N) is 2. The number of morpholine rings is 1. The number of carbonyl (C=O) groups excluding carboxylic acids is 2. The van der Waals surface area contributed by atoms with E-state index in [9.17, 15) is 14.9 Å². The fourth-order valence-electron chi connectivity index (χ4n) is 3.43. The summed E-state index contributed by atoms with van der Waals surface area (Å²) in [6, 6.07) is 10.9. The van der Waals surface area contributed by atoms with E-state index >= 15 is 0 Å². The highest BCUT2D eigenvalue weighted by Gasteiger charge is 2.20. The SMILES string of the molecule is CCCc1cc(C(=O)OC)c(NC(=O)C(C#N)=Cc2ccc(OCCN3CCOCC3)cc2)s1. The Bertz CT molecular complexity index is 1050. The number of rotatable bonds is 10. The Hall–Kier alpha value is -3.19. The van der Waals surface area contributed by atoms with E-state index in [0.717, 1.165) is 56.3 Å². The largest absolute Gasteiger partial charge is 0.492 e. The van der Waals surface area contributed by atoms with E-state index in [1.165, 1.54) is 24.5 Å². The minimum absolute atomic E-state index is 0.0674. The van der Waals surface area contributed by atoms with Crippen LogP contribution in [0.25, 0.3) is 6.08 Å². The van der Waals surface area contributed by atoms with Crippen molar-refractivity contribution in [1.82, 2.24) is 4.90 Å². The molecule has 1 N–H and O–H groups in total. The van der Waals surface area contributed by atoms with Crippen LogP contribution in [0.15, 0.2) is 35.9 Å². The van der Waals surface area contributed by atoms with Crippen molar-refractivity contribution < 1.29 is 23.8 Å². The highest BCUT2D eigenvalue weighted by atomic mass is 32.1. The molecule has 0 aliphatic carbocycles. The van der Waals surface area contributed by atoms with Crippen LogP contribution in [-0.4, -0.2) is 63.3 Å². The monoisotopic (exact) mass is 483 g/mol. The van der Waals surface area contributed by atoms with Gasteiger partial charge in [0.2, 0.25) is 0 Å². The topological polar surface area (TPSA) is 101 Å². The van der Waals surface area contributed by atoms with Crippen LogP contribution >= 0.6 is 11.3 Å². The number of amides is 1. The molecule has 8 nitrogen and oxygen atoms in total. The molecular weight excluding hydrogens is 454 g/mol. The van der Waals surface area contributed by atoms with E-state index in [1.54, 1.807) is 18.2 Å². The van der Waals surface area contributed by atoms with Crippen molar-refractivity contribution in [2.45, 2.75) is 19.8 Å². The van der Waals surface area contributed by atoms with Gasteiger partial charge < -0.3 is 19.5 Å². The van der Waals surface area contributed by atoms with Crippen molar-refractivity contribution in [3.8, 4) is 11.8 Å². The summed E-state index contributed by atoms with van der Waals surface area (Å²) < 4.78 is 16.0. The lowest BCUT2D eigenvalue weighted by molar-refractivity contribution is -0.112. The van der Waals surface area contributed by atoms with Gasteiger partial charge in [0.25, 0.3) is 5.91 Å². The van der Waals surface area contributed by atoms with Crippen LogP contribution in [0.1, 0.15) is 34.1 Å². The summed E-state index contributed by atoms with van der Waals surface area (Å²) >= 11 is 1.31. The number of ether oxygens (including phenoxy) is 3. The van der Waals surface area contributed by atoms with Gasteiger partial charge in [0.1, 0.15) is 29.0 Å². The number of hydrogen-bond acceptors (Lipinski definition) is 8. The lowest BCUT2D eigenvalue weighted by Crippen LogP contribution is -2.38. The average molecular weight is 484 g/mol. The van der Waals surface area contributed by atoms with Gasteiger partial charge in [0.05, 0.1) is 25.9 Å². The second-order valence-electron chi connectivity index (χ2n) is 7.69. The van der Waals surface area contributed by atoms with Crippen LogP contribution in [0.2, 0.25) is 0 Å². The van der Waals surface area contributed by atoms with E-state index in [1.807, 2.05) is 25.1 Å². The maximum absolute atomic E-state index is 12.8. The van der Waals surface area contributed by atoms with E-state index in [-0.39, 0.29) is 5.57 Å². The Morgan fingerprint density at radius 3 is 2.65 bits per heavy atom. The molecule has 1 saturated heterocycles. The molecule has 0 saturated carbocycles. The molecule has 3 rings (SSSR count). The molecule has 2 aromatic rings. The minimum Gasteiger partial charge on any atom is -0.492 e. The summed E-state index contributed by atoms with van der Waals surface area (Å²) in [5.74, 6) is -0.387. The first-order valence-electron chi connectivity index (χ1n) is 11.2. The molecule has 0 radical (unpaired) electrons. The van der Waals surface area contributed by atoms with Crippen LogP contribution in [0.4, 0.5) is 5.00 Å². The summed E-state index contributed by atoms with van der Waals surface area (Å²) in [5.41, 5.74) is 0.917. The quantitative estimate of drug-likeness (QED) is 0.312. The fourth-order valence-corrected chi connectivity index (χ4v) is 4.57. The second-order valence-corrected chi connectivity index (χ2v) is 8.83. The molecule has 1 aromatic heterocycles. The van der Waals surface area contributed by atoms with Crippen molar-refractivity contribution in [2.75, 3.05) is 51.9 Å². The van der Waals surface area contributed by atoms with Gasteiger partial charge in [-0.3, -0.25) is 9.69 Å². The molecular formula is C25H29N3O5S.